The number of aromatic nitrogens is 2. The van der Waals surface area contributed by atoms with Crippen molar-refractivity contribution in [1.82, 2.24) is 9.97 Å². The van der Waals surface area contributed by atoms with Gasteiger partial charge in [-0.1, -0.05) is 56.6 Å². The van der Waals surface area contributed by atoms with Crippen LogP contribution in [0.1, 0.15) is 26.3 Å². The van der Waals surface area contributed by atoms with E-state index in [2.05, 4.69) is 35.5 Å². The van der Waals surface area contributed by atoms with Crippen LogP contribution in [0.25, 0.3) is 0 Å². The monoisotopic (exact) mass is 451 g/mol. The van der Waals surface area contributed by atoms with Gasteiger partial charge in [0.2, 0.25) is 5.28 Å². The molecule has 0 unspecified atom stereocenters. The number of nitrogens with one attached hydrogen (secondary N) is 1. The van der Waals surface area contributed by atoms with Gasteiger partial charge in [0.25, 0.3) is 10.0 Å². The summed E-state index contributed by atoms with van der Waals surface area (Å²) in [6, 6.07) is 13.4. The van der Waals surface area contributed by atoms with Gasteiger partial charge in [-0.2, -0.15) is 4.98 Å². The summed E-state index contributed by atoms with van der Waals surface area (Å²) in [4.78, 5) is 7.91. The maximum Gasteiger partial charge on any atom is 0.263 e. The molecular weight excluding hydrogens is 433 g/mol. The molecule has 6 nitrogen and oxygen atoms in total. The van der Waals surface area contributed by atoms with Crippen molar-refractivity contribution in [3.8, 4) is 11.5 Å². The number of hydrogen-bond acceptors (Lipinski definition) is 5. The van der Waals surface area contributed by atoms with E-state index < -0.39 is 10.0 Å². The first-order valence-corrected chi connectivity index (χ1v) is 10.9. The summed E-state index contributed by atoms with van der Waals surface area (Å²) in [6.45, 7) is 6.15. The van der Waals surface area contributed by atoms with Gasteiger partial charge in [-0.05, 0) is 46.8 Å². The zero-order valence-corrected chi connectivity index (χ0v) is 18.3. The van der Waals surface area contributed by atoms with Crippen LogP contribution in [0.4, 0.5) is 5.82 Å². The van der Waals surface area contributed by atoms with E-state index in [0.717, 1.165) is 5.56 Å². The second kappa shape index (κ2) is 8.18. The molecule has 0 aliphatic heterocycles. The van der Waals surface area contributed by atoms with E-state index in [1.54, 1.807) is 48.5 Å². The van der Waals surface area contributed by atoms with E-state index in [-0.39, 0.29) is 27.2 Å². The van der Waals surface area contributed by atoms with Gasteiger partial charge in [-0.15, -0.1) is 0 Å². The van der Waals surface area contributed by atoms with E-state index in [0.29, 0.717) is 10.8 Å². The Bertz CT molecular complexity index is 1130. The molecule has 0 bridgehead atoms. The van der Waals surface area contributed by atoms with Crippen LogP contribution in [-0.2, 0) is 15.4 Å². The molecule has 0 saturated carbocycles. The predicted octanol–water partition coefficient (Wildman–Crippen LogP) is 5.67. The minimum absolute atomic E-state index is 0.0670. The number of rotatable bonds is 5. The molecule has 0 aliphatic carbocycles. The summed E-state index contributed by atoms with van der Waals surface area (Å²) >= 11 is 12.0. The molecule has 1 aromatic heterocycles. The Labute approximate surface area is 179 Å². The van der Waals surface area contributed by atoms with Gasteiger partial charge in [0, 0.05) is 0 Å². The molecule has 0 amide bonds. The van der Waals surface area contributed by atoms with Crippen molar-refractivity contribution in [1.29, 1.82) is 0 Å². The smallest absolute Gasteiger partial charge is 0.263 e. The first-order chi connectivity index (χ1) is 13.6. The van der Waals surface area contributed by atoms with Crippen molar-refractivity contribution in [2.75, 3.05) is 4.72 Å². The molecule has 3 rings (SSSR count). The molecule has 29 heavy (non-hydrogen) atoms. The molecule has 0 spiro atoms. The van der Waals surface area contributed by atoms with Crippen molar-refractivity contribution < 1.29 is 13.2 Å². The number of para-hydroxylation sites is 1. The van der Waals surface area contributed by atoms with Gasteiger partial charge in [-0.3, -0.25) is 4.72 Å². The average molecular weight is 452 g/mol. The van der Waals surface area contributed by atoms with E-state index in [4.69, 9.17) is 27.9 Å². The van der Waals surface area contributed by atoms with Gasteiger partial charge in [-0.25, -0.2) is 13.4 Å². The Hall–Kier alpha value is -2.35. The van der Waals surface area contributed by atoms with Crippen LogP contribution in [0, 0.1) is 0 Å². The first kappa shape index (κ1) is 21.4. The van der Waals surface area contributed by atoms with Gasteiger partial charge in [0.1, 0.15) is 5.75 Å². The molecule has 3 aromatic rings. The zero-order chi connectivity index (χ0) is 21.2. The molecular formula is C20H19Cl2N3O3S. The summed E-state index contributed by atoms with van der Waals surface area (Å²) in [5.41, 5.74) is 0.926. The third-order valence-corrected chi connectivity index (χ3v) is 5.89. The van der Waals surface area contributed by atoms with Crippen LogP contribution >= 0.6 is 23.2 Å². The Kier molecular flexibility index (Phi) is 6.03. The van der Waals surface area contributed by atoms with E-state index in [1.807, 2.05) is 0 Å². The second-order valence-corrected chi connectivity index (χ2v) is 9.69. The number of anilines is 1. The molecule has 1 N–H and O–H groups in total. The van der Waals surface area contributed by atoms with Crippen LogP contribution in [0.15, 0.2) is 59.6 Å². The van der Waals surface area contributed by atoms with Crippen LogP contribution in [0.2, 0.25) is 10.3 Å². The molecule has 152 valence electrons. The Balaban J connectivity index is 1.92. The van der Waals surface area contributed by atoms with Crippen molar-refractivity contribution in [3.63, 3.8) is 0 Å². The average Bonchev–Trinajstić information content (AvgIpc) is 2.65. The number of nitrogens with zero attached hydrogens (tertiary/aromatic N) is 2. The lowest BCUT2D eigenvalue weighted by atomic mass is 9.87. The molecule has 0 radical (unpaired) electrons. The van der Waals surface area contributed by atoms with Crippen molar-refractivity contribution >= 4 is 39.0 Å². The summed E-state index contributed by atoms with van der Waals surface area (Å²) in [5.74, 6) is 0.303. The van der Waals surface area contributed by atoms with Gasteiger partial charge in [0.05, 0.1) is 16.1 Å². The Morgan fingerprint density at radius 1 is 0.966 bits per heavy atom. The van der Waals surface area contributed by atoms with E-state index in [9.17, 15) is 8.42 Å². The van der Waals surface area contributed by atoms with Gasteiger partial charge < -0.3 is 4.74 Å². The van der Waals surface area contributed by atoms with Crippen LogP contribution in [0.5, 0.6) is 11.5 Å². The van der Waals surface area contributed by atoms with E-state index in [1.165, 1.54) is 6.20 Å². The number of hydrogen-bond donors (Lipinski definition) is 1. The Morgan fingerprint density at radius 3 is 2.24 bits per heavy atom. The van der Waals surface area contributed by atoms with Crippen molar-refractivity contribution in [2.45, 2.75) is 31.1 Å². The van der Waals surface area contributed by atoms with Crippen molar-refractivity contribution in [2.24, 2.45) is 0 Å². The van der Waals surface area contributed by atoms with Crippen LogP contribution in [0.3, 0.4) is 0 Å². The minimum Gasteiger partial charge on any atom is -0.450 e. The highest BCUT2D eigenvalue weighted by molar-refractivity contribution is 7.92. The fraction of sp³-hybridized carbons (Fsp3) is 0.200. The normalized spacial score (nSPS) is 11.9. The maximum atomic E-state index is 12.8. The fourth-order valence-electron chi connectivity index (χ4n) is 2.46. The largest absolute Gasteiger partial charge is 0.450 e. The predicted molar refractivity (Wildman–Crippen MR) is 115 cm³/mol. The highest BCUT2D eigenvalue weighted by Gasteiger charge is 2.21. The zero-order valence-electron chi connectivity index (χ0n) is 16.0. The summed E-state index contributed by atoms with van der Waals surface area (Å²) in [5, 5.41) is 0.228. The highest BCUT2D eigenvalue weighted by atomic mass is 35.5. The Morgan fingerprint density at radius 2 is 1.62 bits per heavy atom. The lowest BCUT2D eigenvalue weighted by Crippen LogP contribution is -2.16. The summed E-state index contributed by atoms with van der Waals surface area (Å²) < 4.78 is 33.8. The second-order valence-electron chi connectivity index (χ2n) is 7.26. The molecule has 0 fully saturated rings. The lowest BCUT2D eigenvalue weighted by Gasteiger charge is -2.19. The van der Waals surface area contributed by atoms with Crippen LogP contribution in [-0.4, -0.2) is 18.4 Å². The van der Waals surface area contributed by atoms with Gasteiger partial charge in [0.15, 0.2) is 11.6 Å². The summed E-state index contributed by atoms with van der Waals surface area (Å²) in [7, 11) is -3.93. The molecule has 0 atom stereocenters. The quantitative estimate of drug-likeness (QED) is 0.504. The number of benzene rings is 2. The molecule has 0 aliphatic rings. The van der Waals surface area contributed by atoms with Crippen molar-refractivity contribution in [3.05, 3.63) is 70.6 Å². The standard InChI is InChI=1S/C20H19Cl2N3O3S/c1-20(2,3)13-8-10-14(11-9-13)29(26,27)25-18-17(12-23-19(22)24-18)28-16-7-5-4-6-15(16)21/h4-12H,1-3H3,(H,23,24,25). The first-order valence-electron chi connectivity index (χ1n) is 8.64. The van der Waals surface area contributed by atoms with E-state index >= 15 is 0 Å². The third kappa shape index (κ3) is 5.18. The number of sulfonamides is 1. The number of ether oxygens (including phenoxy) is 1. The third-order valence-electron chi connectivity index (χ3n) is 4.04. The number of halogens is 2. The molecule has 9 heteroatoms. The lowest BCUT2D eigenvalue weighted by molar-refractivity contribution is 0.480. The molecule has 2 aromatic carbocycles. The SMILES string of the molecule is CC(C)(C)c1ccc(S(=O)(=O)Nc2nc(Cl)ncc2Oc2ccccc2Cl)cc1. The maximum absolute atomic E-state index is 12.8. The topological polar surface area (TPSA) is 81.2 Å². The molecule has 1 heterocycles. The minimum atomic E-state index is -3.93. The fourth-order valence-corrected chi connectivity index (χ4v) is 3.78. The van der Waals surface area contributed by atoms with Crippen LogP contribution < -0.4 is 9.46 Å². The highest BCUT2D eigenvalue weighted by Crippen LogP contribution is 2.33. The summed E-state index contributed by atoms with van der Waals surface area (Å²) in [6.07, 6.45) is 1.28. The molecule has 0 saturated heterocycles. The van der Waals surface area contributed by atoms with Gasteiger partial charge >= 0.3 is 0 Å².